The first kappa shape index (κ1) is 21.5. The SMILES string of the molecule is COc1ccc(NC(=O)C(C)n2cnc3c(sc4nc5c(cc43)COC(C)(C)C5)c2=O)cc1. The van der Waals surface area contributed by atoms with Crippen LogP contribution in [-0.2, 0) is 22.6 Å². The standard InChI is InChI=1S/C24H24N4O4S/c1-13(21(29)26-15-5-7-16(31-4)8-6-15)28-12-25-19-17-9-14-11-32-24(2,3)10-18(14)27-22(17)33-20(19)23(28)30/h5-9,12-13H,10-11H2,1-4H3,(H,26,29). The fraction of sp³-hybridized carbons (Fsp3) is 0.333. The lowest BCUT2D eigenvalue weighted by molar-refractivity contribution is -0.118. The summed E-state index contributed by atoms with van der Waals surface area (Å²) in [7, 11) is 1.58. The normalized spacial score (nSPS) is 15.9. The Morgan fingerprint density at radius 3 is 2.79 bits per heavy atom. The highest BCUT2D eigenvalue weighted by Crippen LogP contribution is 2.34. The van der Waals surface area contributed by atoms with Crippen LogP contribution in [0.25, 0.3) is 20.4 Å². The molecule has 4 aromatic rings. The van der Waals surface area contributed by atoms with Crippen molar-refractivity contribution in [3.8, 4) is 5.75 Å². The van der Waals surface area contributed by atoms with E-state index in [0.717, 1.165) is 21.5 Å². The second-order valence-corrected chi connectivity index (χ2v) is 9.80. The van der Waals surface area contributed by atoms with E-state index < -0.39 is 6.04 Å². The quantitative estimate of drug-likeness (QED) is 0.489. The Labute approximate surface area is 194 Å². The molecule has 170 valence electrons. The minimum Gasteiger partial charge on any atom is -0.497 e. The van der Waals surface area contributed by atoms with E-state index in [1.54, 1.807) is 38.3 Å². The van der Waals surface area contributed by atoms with Gasteiger partial charge in [-0.25, -0.2) is 9.97 Å². The van der Waals surface area contributed by atoms with Crippen LogP contribution in [0, 0.1) is 0 Å². The van der Waals surface area contributed by atoms with Crippen LogP contribution in [0.15, 0.2) is 41.5 Å². The maximum Gasteiger partial charge on any atom is 0.272 e. The van der Waals surface area contributed by atoms with Crippen molar-refractivity contribution in [3.05, 3.63) is 58.3 Å². The summed E-state index contributed by atoms with van der Waals surface area (Å²) in [6.07, 6.45) is 2.15. The van der Waals surface area contributed by atoms with E-state index in [4.69, 9.17) is 14.5 Å². The van der Waals surface area contributed by atoms with E-state index in [2.05, 4.69) is 10.3 Å². The molecule has 0 saturated heterocycles. The zero-order valence-electron chi connectivity index (χ0n) is 18.8. The molecule has 1 atom stereocenters. The number of pyridine rings is 1. The minimum absolute atomic E-state index is 0.255. The molecule has 1 aliphatic rings. The minimum atomic E-state index is -0.739. The number of thiophene rings is 1. The van der Waals surface area contributed by atoms with Crippen molar-refractivity contribution in [1.82, 2.24) is 14.5 Å². The molecule has 3 aromatic heterocycles. The fourth-order valence-corrected chi connectivity index (χ4v) is 5.05. The number of methoxy groups -OCH3 is 1. The monoisotopic (exact) mass is 464 g/mol. The number of carbonyl (C=O) groups is 1. The Morgan fingerprint density at radius 1 is 1.30 bits per heavy atom. The summed E-state index contributed by atoms with van der Waals surface area (Å²) in [5.74, 6) is 0.389. The van der Waals surface area contributed by atoms with Crippen LogP contribution in [0.3, 0.4) is 0 Å². The molecule has 8 nitrogen and oxygen atoms in total. The Balaban J connectivity index is 1.48. The first-order chi connectivity index (χ1) is 15.8. The first-order valence-electron chi connectivity index (χ1n) is 10.7. The van der Waals surface area contributed by atoms with Crippen LogP contribution in [0.5, 0.6) is 5.75 Å². The van der Waals surface area contributed by atoms with Crippen molar-refractivity contribution in [2.75, 3.05) is 12.4 Å². The summed E-state index contributed by atoms with van der Waals surface area (Å²) in [5, 5.41) is 3.68. The molecule has 1 aromatic carbocycles. The summed E-state index contributed by atoms with van der Waals surface area (Å²) in [6, 6.07) is 8.31. The molecule has 0 spiro atoms. The fourth-order valence-electron chi connectivity index (χ4n) is 3.98. The summed E-state index contributed by atoms with van der Waals surface area (Å²) in [6.45, 7) is 6.26. The van der Waals surface area contributed by atoms with Gasteiger partial charge in [0, 0.05) is 23.1 Å². The molecule has 5 rings (SSSR count). The number of amides is 1. The summed E-state index contributed by atoms with van der Waals surface area (Å²) >= 11 is 1.32. The van der Waals surface area contributed by atoms with Gasteiger partial charge in [0.05, 0.1) is 36.9 Å². The molecule has 1 N–H and O–H groups in total. The number of hydrogen-bond donors (Lipinski definition) is 1. The molecule has 0 saturated carbocycles. The van der Waals surface area contributed by atoms with Gasteiger partial charge in [-0.3, -0.25) is 14.2 Å². The molecule has 1 aliphatic heterocycles. The smallest absolute Gasteiger partial charge is 0.272 e. The van der Waals surface area contributed by atoms with E-state index in [1.807, 2.05) is 19.9 Å². The number of nitrogens with one attached hydrogen (secondary N) is 1. The molecule has 33 heavy (non-hydrogen) atoms. The van der Waals surface area contributed by atoms with Gasteiger partial charge in [-0.1, -0.05) is 0 Å². The largest absolute Gasteiger partial charge is 0.497 e. The van der Waals surface area contributed by atoms with E-state index in [0.29, 0.717) is 34.7 Å². The number of carbonyl (C=O) groups excluding carboxylic acids is 1. The second kappa shape index (κ2) is 7.93. The van der Waals surface area contributed by atoms with Crippen molar-refractivity contribution in [2.45, 2.75) is 45.4 Å². The summed E-state index contributed by atoms with van der Waals surface area (Å²) in [5.41, 5.74) is 2.74. The highest BCUT2D eigenvalue weighted by atomic mass is 32.1. The van der Waals surface area contributed by atoms with Gasteiger partial charge in [-0.15, -0.1) is 11.3 Å². The number of anilines is 1. The lowest BCUT2D eigenvalue weighted by Crippen LogP contribution is -2.32. The van der Waals surface area contributed by atoms with Crippen molar-refractivity contribution in [2.24, 2.45) is 0 Å². The first-order valence-corrected chi connectivity index (χ1v) is 11.5. The number of ether oxygens (including phenoxy) is 2. The summed E-state index contributed by atoms with van der Waals surface area (Å²) < 4.78 is 12.9. The predicted molar refractivity (Wildman–Crippen MR) is 128 cm³/mol. The number of hydrogen-bond acceptors (Lipinski definition) is 7. The number of aromatic nitrogens is 3. The molecule has 1 amide bonds. The van der Waals surface area contributed by atoms with Crippen LogP contribution < -0.4 is 15.6 Å². The number of benzene rings is 1. The third-order valence-electron chi connectivity index (χ3n) is 5.93. The van der Waals surface area contributed by atoms with Gasteiger partial charge in [-0.2, -0.15) is 0 Å². The third kappa shape index (κ3) is 3.87. The van der Waals surface area contributed by atoms with Gasteiger partial charge in [0.1, 0.15) is 21.3 Å². The highest BCUT2D eigenvalue weighted by molar-refractivity contribution is 7.25. The molecule has 0 bridgehead atoms. The molecular formula is C24H24N4O4S. The molecule has 0 fully saturated rings. The lowest BCUT2D eigenvalue weighted by atomic mass is 9.95. The molecule has 4 heterocycles. The van der Waals surface area contributed by atoms with Crippen LogP contribution in [0.2, 0.25) is 0 Å². The number of nitrogens with zero attached hydrogens (tertiary/aromatic N) is 3. The van der Waals surface area contributed by atoms with Crippen LogP contribution >= 0.6 is 11.3 Å². The van der Waals surface area contributed by atoms with Crippen LogP contribution in [0.1, 0.15) is 38.1 Å². The second-order valence-electron chi connectivity index (χ2n) is 8.80. The van der Waals surface area contributed by atoms with Crippen LogP contribution in [0.4, 0.5) is 5.69 Å². The highest BCUT2D eigenvalue weighted by Gasteiger charge is 2.28. The van der Waals surface area contributed by atoms with Crippen LogP contribution in [-0.4, -0.2) is 33.2 Å². The number of rotatable bonds is 4. The Bertz CT molecular complexity index is 1440. The third-order valence-corrected chi connectivity index (χ3v) is 7.01. The van der Waals surface area contributed by atoms with E-state index in [-0.39, 0.29) is 17.1 Å². The van der Waals surface area contributed by atoms with Gasteiger partial charge in [0.15, 0.2) is 0 Å². The van der Waals surface area contributed by atoms with Gasteiger partial charge in [0.2, 0.25) is 5.91 Å². The molecule has 0 aliphatic carbocycles. The Kier molecular flexibility index (Phi) is 5.18. The van der Waals surface area contributed by atoms with Gasteiger partial charge in [-0.05, 0) is 51.1 Å². The maximum absolute atomic E-state index is 13.3. The zero-order valence-corrected chi connectivity index (χ0v) is 19.7. The van der Waals surface area contributed by atoms with Crippen molar-refractivity contribution in [1.29, 1.82) is 0 Å². The molecule has 0 radical (unpaired) electrons. The lowest BCUT2D eigenvalue weighted by Gasteiger charge is -2.30. The van der Waals surface area contributed by atoms with E-state index in [1.165, 1.54) is 22.2 Å². The van der Waals surface area contributed by atoms with E-state index >= 15 is 0 Å². The van der Waals surface area contributed by atoms with Crippen molar-refractivity contribution in [3.63, 3.8) is 0 Å². The maximum atomic E-state index is 13.3. The van der Waals surface area contributed by atoms with Gasteiger partial charge < -0.3 is 14.8 Å². The van der Waals surface area contributed by atoms with E-state index in [9.17, 15) is 9.59 Å². The summed E-state index contributed by atoms with van der Waals surface area (Å²) in [4.78, 5) is 36.2. The predicted octanol–water partition coefficient (Wildman–Crippen LogP) is 4.07. The van der Waals surface area contributed by atoms with Gasteiger partial charge in [0.25, 0.3) is 5.56 Å². The molecular weight excluding hydrogens is 440 g/mol. The zero-order chi connectivity index (χ0) is 23.3. The topological polar surface area (TPSA) is 95.3 Å². The molecule has 9 heteroatoms. The Morgan fingerprint density at radius 2 is 2.06 bits per heavy atom. The van der Waals surface area contributed by atoms with Gasteiger partial charge >= 0.3 is 0 Å². The van der Waals surface area contributed by atoms with Crippen molar-refractivity contribution < 1.29 is 14.3 Å². The molecule has 1 unspecified atom stereocenters. The van der Waals surface area contributed by atoms with Crippen molar-refractivity contribution >= 4 is 43.4 Å². The number of fused-ring (bicyclic) bond motifs is 4. The Hall–Kier alpha value is -3.30. The average Bonchev–Trinajstić information content (AvgIpc) is 3.15. The average molecular weight is 465 g/mol.